The molecule has 0 radical (unpaired) electrons. The van der Waals surface area contributed by atoms with Crippen LogP contribution in [-0.4, -0.2) is 18.6 Å². The highest BCUT2D eigenvalue weighted by molar-refractivity contribution is 5.95. The minimum atomic E-state index is -0.112. The van der Waals surface area contributed by atoms with Gasteiger partial charge in [-0.2, -0.15) is 0 Å². The molecule has 0 fully saturated rings. The molecular weight excluding hydrogens is 240 g/mol. The fourth-order valence-corrected chi connectivity index (χ4v) is 1.70. The van der Waals surface area contributed by atoms with Crippen molar-refractivity contribution in [2.24, 2.45) is 0 Å². The van der Waals surface area contributed by atoms with E-state index in [2.05, 4.69) is 12.2 Å². The van der Waals surface area contributed by atoms with Crippen molar-refractivity contribution in [3.05, 3.63) is 23.8 Å². The summed E-state index contributed by atoms with van der Waals surface area (Å²) in [5.41, 5.74) is 6.97. The maximum absolute atomic E-state index is 11.8. The highest BCUT2D eigenvalue weighted by atomic mass is 16.5. The van der Waals surface area contributed by atoms with Gasteiger partial charge in [-0.1, -0.05) is 19.8 Å². The fraction of sp³-hybridized carbons (Fsp3) is 0.533. The molecule has 19 heavy (non-hydrogen) atoms. The van der Waals surface area contributed by atoms with E-state index >= 15 is 0 Å². The van der Waals surface area contributed by atoms with Crippen molar-refractivity contribution >= 4 is 11.6 Å². The molecule has 4 heteroatoms. The zero-order valence-electron chi connectivity index (χ0n) is 12.0. The predicted molar refractivity (Wildman–Crippen MR) is 78.5 cm³/mol. The van der Waals surface area contributed by atoms with E-state index in [1.807, 2.05) is 13.8 Å². The average Bonchev–Trinajstić information content (AvgIpc) is 2.35. The Morgan fingerprint density at radius 1 is 1.37 bits per heavy atom. The third-order valence-corrected chi connectivity index (χ3v) is 2.70. The summed E-state index contributed by atoms with van der Waals surface area (Å²) < 4.78 is 5.60. The highest BCUT2D eigenvalue weighted by Crippen LogP contribution is 2.22. The fourth-order valence-electron chi connectivity index (χ4n) is 1.70. The summed E-state index contributed by atoms with van der Waals surface area (Å²) in [6.07, 6.45) is 3.33. The Morgan fingerprint density at radius 2 is 2.11 bits per heavy atom. The maximum Gasteiger partial charge on any atom is 0.251 e. The molecule has 0 heterocycles. The molecule has 0 aliphatic carbocycles. The molecular formula is C15H24N2O2. The monoisotopic (exact) mass is 264 g/mol. The molecule has 0 aliphatic heterocycles. The molecule has 1 amide bonds. The lowest BCUT2D eigenvalue weighted by atomic mass is 10.1. The van der Waals surface area contributed by atoms with Crippen LogP contribution in [0.4, 0.5) is 5.69 Å². The average molecular weight is 264 g/mol. The number of nitrogen functional groups attached to an aromatic ring is 1. The van der Waals surface area contributed by atoms with Gasteiger partial charge in [-0.25, -0.2) is 0 Å². The third-order valence-electron chi connectivity index (χ3n) is 2.70. The van der Waals surface area contributed by atoms with Gasteiger partial charge in [-0.3, -0.25) is 4.79 Å². The maximum atomic E-state index is 11.8. The van der Waals surface area contributed by atoms with Crippen LogP contribution < -0.4 is 15.8 Å². The highest BCUT2D eigenvalue weighted by Gasteiger charge is 2.09. The van der Waals surface area contributed by atoms with Gasteiger partial charge in [0, 0.05) is 11.6 Å². The van der Waals surface area contributed by atoms with Gasteiger partial charge in [0.2, 0.25) is 0 Å². The molecule has 0 aromatic heterocycles. The van der Waals surface area contributed by atoms with E-state index < -0.39 is 0 Å². The normalized spacial score (nSPS) is 10.5. The lowest BCUT2D eigenvalue weighted by Crippen LogP contribution is -2.30. The van der Waals surface area contributed by atoms with Crippen molar-refractivity contribution in [1.29, 1.82) is 0 Å². The van der Waals surface area contributed by atoms with E-state index in [0.29, 0.717) is 23.6 Å². The van der Waals surface area contributed by atoms with Crippen molar-refractivity contribution in [2.45, 2.75) is 46.1 Å². The van der Waals surface area contributed by atoms with Gasteiger partial charge in [-0.15, -0.1) is 0 Å². The summed E-state index contributed by atoms with van der Waals surface area (Å²) >= 11 is 0. The summed E-state index contributed by atoms with van der Waals surface area (Å²) in [4.78, 5) is 11.8. The third kappa shape index (κ3) is 5.20. The first-order valence-corrected chi connectivity index (χ1v) is 6.87. The second kappa shape index (κ2) is 7.67. The van der Waals surface area contributed by atoms with Gasteiger partial charge >= 0.3 is 0 Å². The molecule has 0 saturated carbocycles. The molecule has 0 saturated heterocycles. The van der Waals surface area contributed by atoms with Crippen molar-refractivity contribution in [3.63, 3.8) is 0 Å². The summed E-state index contributed by atoms with van der Waals surface area (Å²) in [6.45, 7) is 6.66. The Bertz CT molecular complexity index is 417. The largest absolute Gasteiger partial charge is 0.491 e. The molecule has 0 unspecified atom stereocenters. The SMILES string of the molecule is CCCCCOc1ccc(C(=O)NC(C)C)cc1N. The number of ether oxygens (including phenoxy) is 1. The Kier molecular flexibility index (Phi) is 6.19. The van der Waals surface area contributed by atoms with E-state index in [9.17, 15) is 4.79 Å². The number of anilines is 1. The van der Waals surface area contributed by atoms with E-state index in [1.54, 1.807) is 18.2 Å². The second-order valence-corrected chi connectivity index (χ2v) is 4.94. The van der Waals surface area contributed by atoms with Gasteiger partial charge in [0.1, 0.15) is 5.75 Å². The van der Waals surface area contributed by atoms with Crippen LogP contribution in [-0.2, 0) is 0 Å². The lowest BCUT2D eigenvalue weighted by molar-refractivity contribution is 0.0943. The Balaban J connectivity index is 2.61. The van der Waals surface area contributed by atoms with Crippen molar-refractivity contribution < 1.29 is 9.53 Å². The molecule has 0 atom stereocenters. The van der Waals surface area contributed by atoms with Crippen LogP contribution in [0.3, 0.4) is 0 Å². The van der Waals surface area contributed by atoms with Crippen LogP contribution in [0.15, 0.2) is 18.2 Å². The molecule has 1 rings (SSSR count). The number of hydrogen-bond acceptors (Lipinski definition) is 3. The Labute approximate surface area is 115 Å². The number of amides is 1. The number of hydrogen-bond donors (Lipinski definition) is 2. The van der Waals surface area contributed by atoms with Crippen LogP contribution in [0, 0.1) is 0 Å². The standard InChI is InChI=1S/C15H24N2O2/c1-4-5-6-9-19-14-8-7-12(10-13(14)16)15(18)17-11(2)3/h7-8,10-11H,4-6,9,16H2,1-3H3,(H,17,18). The van der Waals surface area contributed by atoms with E-state index in [-0.39, 0.29) is 11.9 Å². The minimum Gasteiger partial charge on any atom is -0.491 e. The first-order chi connectivity index (χ1) is 9.04. The van der Waals surface area contributed by atoms with E-state index in [0.717, 1.165) is 19.3 Å². The molecule has 0 aliphatic rings. The Morgan fingerprint density at radius 3 is 2.68 bits per heavy atom. The van der Waals surface area contributed by atoms with Gasteiger partial charge < -0.3 is 15.8 Å². The van der Waals surface area contributed by atoms with Crippen molar-refractivity contribution in [3.8, 4) is 5.75 Å². The van der Waals surface area contributed by atoms with Crippen LogP contribution in [0.5, 0.6) is 5.75 Å². The molecule has 0 bridgehead atoms. The molecule has 1 aromatic rings. The van der Waals surface area contributed by atoms with Crippen molar-refractivity contribution in [1.82, 2.24) is 5.32 Å². The number of nitrogens with two attached hydrogens (primary N) is 1. The second-order valence-electron chi connectivity index (χ2n) is 4.94. The molecule has 3 N–H and O–H groups in total. The Hall–Kier alpha value is -1.71. The first-order valence-electron chi connectivity index (χ1n) is 6.87. The van der Waals surface area contributed by atoms with E-state index in [4.69, 9.17) is 10.5 Å². The molecule has 1 aromatic carbocycles. The molecule has 0 spiro atoms. The van der Waals surface area contributed by atoms with Crippen molar-refractivity contribution in [2.75, 3.05) is 12.3 Å². The number of rotatable bonds is 7. The zero-order valence-corrected chi connectivity index (χ0v) is 12.0. The summed E-state index contributed by atoms with van der Waals surface area (Å²) in [7, 11) is 0. The topological polar surface area (TPSA) is 64.3 Å². The van der Waals surface area contributed by atoms with E-state index in [1.165, 1.54) is 0 Å². The van der Waals surface area contributed by atoms with Crippen LogP contribution in [0.25, 0.3) is 0 Å². The zero-order chi connectivity index (χ0) is 14.3. The van der Waals surface area contributed by atoms with Crippen LogP contribution in [0.1, 0.15) is 50.4 Å². The number of benzene rings is 1. The van der Waals surface area contributed by atoms with Crippen LogP contribution in [0.2, 0.25) is 0 Å². The van der Waals surface area contributed by atoms with Crippen LogP contribution >= 0.6 is 0 Å². The molecule has 106 valence electrons. The molecule has 4 nitrogen and oxygen atoms in total. The lowest BCUT2D eigenvalue weighted by Gasteiger charge is -2.11. The van der Waals surface area contributed by atoms with Gasteiger partial charge in [0.25, 0.3) is 5.91 Å². The van der Waals surface area contributed by atoms with Gasteiger partial charge in [0.15, 0.2) is 0 Å². The summed E-state index contributed by atoms with van der Waals surface area (Å²) in [5, 5.41) is 2.83. The smallest absolute Gasteiger partial charge is 0.251 e. The number of nitrogens with one attached hydrogen (secondary N) is 1. The number of carbonyl (C=O) groups excluding carboxylic acids is 1. The van der Waals surface area contributed by atoms with Gasteiger partial charge in [-0.05, 0) is 38.5 Å². The van der Waals surface area contributed by atoms with Gasteiger partial charge in [0.05, 0.1) is 12.3 Å². The number of carbonyl (C=O) groups is 1. The quantitative estimate of drug-likeness (QED) is 0.588. The predicted octanol–water partition coefficient (Wildman–Crippen LogP) is 2.98. The summed E-state index contributed by atoms with van der Waals surface area (Å²) in [5.74, 6) is 0.538. The summed E-state index contributed by atoms with van der Waals surface area (Å²) in [6, 6.07) is 5.27. The first kappa shape index (κ1) is 15.3. The number of unbranched alkanes of at least 4 members (excludes halogenated alkanes) is 2. The minimum absolute atomic E-state index is 0.110.